The number of imidazole rings is 4. The van der Waals surface area contributed by atoms with Crippen LogP contribution >= 0.6 is 0 Å². The molecule has 4 aliphatic heterocycles. The molecule has 0 radical (unpaired) electrons. The number of hydrogen-bond acceptors (Lipinski definition) is 25. The number of benzene rings is 4. The number of amides is 4. The summed E-state index contributed by atoms with van der Waals surface area (Å²) < 4.78 is 100. The van der Waals surface area contributed by atoms with Gasteiger partial charge in [0.15, 0.2) is 0 Å². The molecule has 20 rings (SSSR count). The number of hydrogen-bond donors (Lipinski definition) is 4. The van der Waals surface area contributed by atoms with Crippen LogP contribution in [-0.4, -0.2) is 154 Å². The average molecular weight is 1900 g/mol. The molecule has 0 bridgehead atoms. The number of anilines is 4. The van der Waals surface area contributed by atoms with E-state index < -0.39 is 11.7 Å². The predicted molar refractivity (Wildman–Crippen MR) is 513 cm³/mol. The predicted octanol–water partition coefficient (Wildman–Crippen LogP) is 16.5. The normalized spacial score (nSPS) is 15.6. The van der Waals surface area contributed by atoms with Crippen LogP contribution in [0.1, 0.15) is 127 Å². The third-order valence-electron chi connectivity index (χ3n) is 24.3. The van der Waals surface area contributed by atoms with E-state index >= 15 is 0 Å². The van der Waals surface area contributed by atoms with Gasteiger partial charge < -0.3 is 66.2 Å². The van der Waals surface area contributed by atoms with Crippen LogP contribution in [0, 0.1) is 11.6 Å². The minimum absolute atomic E-state index is 0.0633. The largest absolute Gasteiger partial charge is 0.497 e. The van der Waals surface area contributed by atoms with Gasteiger partial charge in [0.05, 0.1) is 48.7 Å². The zero-order chi connectivity index (χ0) is 97.8. The summed E-state index contributed by atoms with van der Waals surface area (Å²) in [4.78, 5) is 111. The quantitative estimate of drug-likeness (QED) is 0.0305. The molecule has 33 nitrogen and oxygen atoms in total. The van der Waals surface area contributed by atoms with Crippen molar-refractivity contribution in [3.63, 3.8) is 0 Å². The summed E-state index contributed by atoms with van der Waals surface area (Å²) in [7, 11) is 1.64. The first-order valence-electron chi connectivity index (χ1n) is 44.8. The van der Waals surface area contributed by atoms with E-state index in [4.69, 9.17) is 66.6 Å². The summed E-state index contributed by atoms with van der Waals surface area (Å²) >= 11 is 0. The second kappa shape index (κ2) is 41.9. The van der Waals surface area contributed by atoms with E-state index in [0.29, 0.717) is 147 Å². The van der Waals surface area contributed by atoms with Crippen LogP contribution in [0.15, 0.2) is 271 Å². The number of nitrogens with zero attached hydrogens (tertiary/aromatic N) is 20. The number of likely N-dealkylation sites (tertiary alicyclic amines) is 4. The minimum atomic E-state index is -4.38. The van der Waals surface area contributed by atoms with Crippen LogP contribution in [0.2, 0.25) is 0 Å². The number of nitrogen functional groups attached to an aromatic ring is 4. The monoisotopic (exact) mass is 1890 g/mol. The Morgan fingerprint density at radius 3 is 0.971 bits per heavy atom. The number of carbonyl (C=O) groups is 4. The summed E-state index contributed by atoms with van der Waals surface area (Å²) in [6.07, 6.45) is 27.5. The minimum Gasteiger partial charge on any atom is -0.497 e. The molecule has 38 heteroatoms. The lowest BCUT2D eigenvalue weighted by Gasteiger charge is -2.22. The van der Waals surface area contributed by atoms with E-state index in [-0.39, 0.29) is 79.3 Å². The first-order chi connectivity index (χ1) is 67.9. The van der Waals surface area contributed by atoms with Crippen molar-refractivity contribution in [1.82, 2.24) is 97.0 Å². The van der Waals surface area contributed by atoms with Gasteiger partial charge in [-0.1, -0.05) is 62.7 Å². The van der Waals surface area contributed by atoms with Crippen LogP contribution in [-0.2, 0) is 51.8 Å². The molecule has 8 N–H and O–H groups in total. The van der Waals surface area contributed by atoms with Crippen molar-refractivity contribution < 1.29 is 64.8 Å². The van der Waals surface area contributed by atoms with E-state index in [1.807, 2.05) is 90.7 Å². The van der Waals surface area contributed by atoms with Crippen molar-refractivity contribution >= 4 is 69.0 Å². The zero-order valence-electron chi connectivity index (χ0n) is 75.9. The topological polar surface area (TPSA) is 404 Å². The lowest BCUT2D eigenvalue weighted by Crippen LogP contribution is -2.29. The summed E-state index contributed by atoms with van der Waals surface area (Å²) in [5, 5.41) is 0. The first kappa shape index (κ1) is 94.4. The lowest BCUT2D eigenvalue weighted by atomic mass is 10.1. The molecule has 0 spiro atoms. The molecular weight excluding hydrogens is 1800 g/mol. The Labute approximate surface area is 798 Å². The van der Waals surface area contributed by atoms with Gasteiger partial charge in [0.2, 0.25) is 41.3 Å². The number of ether oxygens (including phenoxy) is 5. The molecule has 0 unspecified atom stereocenters. The molecule has 4 atom stereocenters. The number of halogens is 5. The smallest absolute Gasteiger partial charge is 0.416 e. The number of fused-ring (bicyclic) bond motifs is 4. The molecule has 16 heterocycles. The van der Waals surface area contributed by atoms with Crippen molar-refractivity contribution in [3.05, 3.63) is 333 Å². The number of nitrogens with two attached hydrogens (primary N) is 4. The van der Waals surface area contributed by atoms with Gasteiger partial charge in [0.1, 0.15) is 141 Å². The van der Waals surface area contributed by atoms with Crippen molar-refractivity contribution in [2.45, 2.75) is 108 Å². The Morgan fingerprint density at radius 1 is 0.364 bits per heavy atom. The molecule has 4 aliphatic rings. The van der Waals surface area contributed by atoms with Crippen molar-refractivity contribution in [1.29, 1.82) is 0 Å². The summed E-state index contributed by atoms with van der Waals surface area (Å²) in [6, 6.07) is 39.0. The number of rotatable bonds is 25. The maximum absolute atomic E-state index is 13.1. The first-order valence-corrected chi connectivity index (χ1v) is 44.8. The van der Waals surface area contributed by atoms with Gasteiger partial charge in [-0.3, -0.25) is 41.8 Å². The second-order valence-corrected chi connectivity index (χ2v) is 32.9. The Kier molecular flexibility index (Phi) is 28.2. The van der Waals surface area contributed by atoms with Gasteiger partial charge in [-0.05, 0) is 183 Å². The van der Waals surface area contributed by atoms with Gasteiger partial charge in [-0.25, -0.2) is 63.6 Å². The summed E-state index contributed by atoms with van der Waals surface area (Å²) in [5.41, 5.74) is 35.6. The van der Waals surface area contributed by atoms with Crippen molar-refractivity contribution in [3.8, 4) is 74.2 Å². The van der Waals surface area contributed by atoms with E-state index in [1.165, 1.54) is 54.6 Å². The molecular formula is C102H95F5N24O9. The third kappa shape index (κ3) is 20.4. The summed E-state index contributed by atoms with van der Waals surface area (Å²) in [6.45, 7) is 18.0. The zero-order valence-corrected chi connectivity index (χ0v) is 75.9. The fourth-order valence-corrected chi connectivity index (χ4v) is 17.5. The lowest BCUT2D eigenvalue weighted by molar-refractivity contribution is -0.137. The highest BCUT2D eigenvalue weighted by molar-refractivity contribution is 5.92. The van der Waals surface area contributed by atoms with Crippen LogP contribution in [0.4, 0.5) is 45.2 Å². The standard InChI is InChI=1S/C26H23F3N6O2.C26H26N6O3.2C25H23FN6O2/c1-2-21(36)34-12-3-4-19(34)25-33-22(23-24(30)31-11-13-35(23)25)17-7-10-20(32-14-17)37-15-16-5-8-18(9-6-16)26(27,28)29;1-3-22(33)31-13-4-5-20(31)26-30-23(24-25(27)28-12-14-32(24)26)18-8-11-21(29-15-18)35-16-17-6-9-19(34-2)10-7-17;1-2-21(33)31-12-3-4-20(31)25-30-22(23-24(27)28-11-13-32(23)25)16-5-9-19(10-6-16)34-15-18-8-7-17(26)14-29-18;1-2-21(33)31-12-3-4-19(31)25-30-22(23-24(27)28-11-13-32(23)25)17-7-10-20(29-14-17)34-15-16-5-8-18(26)9-6-16/h2,5-11,13-14,19H,1,3-4,12,15H2,(H2,30,31);3,6-12,14-15,20H,1,4-5,13,16H2,2H3,(H2,27,28);2,5-11,13-14,20H,1,3-4,12,15H2,(H2,27,28);2,5-11,13-14,19H,1,3-4,12,15H2,(H2,27,28)/t19-;2*20-;19-/m0000/s1. The molecule has 0 aliphatic carbocycles. The number of methoxy groups -OCH3 is 1. The van der Waals surface area contributed by atoms with Crippen LogP contribution in [0.3, 0.4) is 0 Å². The van der Waals surface area contributed by atoms with Crippen LogP contribution in [0.25, 0.3) is 67.1 Å². The average Bonchev–Trinajstić information content (AvgIpc) is 1.62. The second-order valence-electron chi connectivity index (χ2n) is 32.9. The maximum atomic E-state index is 13.1. The Morgan fingerprint density at radius 2 is 0.671 bits per heavy atom. The van der Waals surface area contributed by atoms with Gasteiger partial charge in [0, 0.05) is 135 Å². The van der Waals surface area contributed by atoms with E-state index in [1.54, 1.807) is 125 Å². The molecule has 4 aromatic carbocycles. The van der Waals surface area contributed by atoms with Crippen LogP contribution in [0.5, 0.6) is 29.1 Å². The van der Waals surface area contributed by atoms with E-state index in [2.05, 4.69) is 66.2 Å². The van der Waals surface area contributed by atoms with Gasteiger partial charge >= 0.3 is 6.18 Å². The Balaban J connectivity index is 0.000000129. The van der Waals surface area contributed by atoms with E-state index in [9.17, 15) is 41.1 Å². The fraction of sp³-hybridized carbons (Fsp3) is 0.216. The highest BCUT2D eigenvalue weighted by atomic mass is 19.4. The van der Waals surface area contributed by atoms with E-state index in [0.717, 1.165) is 121 Å². The molecule has 4 fully saturated rings. The molecule has 140 heavy (non-hydrogen) atoms. The number of alkyl halides is 3. The number of pyridine rings is 4. The van der Waals surface area contributed by atoms with Gasteiger partial charge in [-0.15, -0.1) is 0 Å². The third-order valence-corrected chi connectivity index (χ3v) is 24.3. The SMILES string of the molecule is C=CC(=O)N1CCC[C@H]1c1nc(-c2ccc(OCc3ccc(C(F)(F)F)cc3)nc2)c2c(N)nccn12.C=CC(=O)N1CCC[C@H]1c1nc(-c2ccc(OCc3ccc(F)cc3)nc2)c2c(N)nccn12.C=CC(=O)N1CCC[C@H]1c1nc(-c2ccc(OCc3ccc(F)cn3)cc2)c2c(N)nccn12.C=CC(=O)N1CCC[C@H]1c1nc(-c2ccc(OCc3ccc(OC)cc3)nc2)c2c(N)nccn12. The van der Waals surface area contributed by atoms with Crippen molar-refractivity contribution in [2.75, 3.05) is 56.2 Å². The molecule has 0 saturated carbocycles. The maximum Gasteiger partial charge on any atom is 0.416 e. The fourth-order valence-electron chi connectivity index (χ4n) is 17.5. The Hall–Kier alpha value is -17.4. The highest BCUT2D eigenvalue weighted by Gasteiger charge is 2.39. The van der Waals surface area contributed by atoms with Gasteiger partial charge in [-0.2, -0.15) is 13.2 Å². The molecule has 16 aromatic rings. The Bertz CT molecular complexity index is 7020. The summed E-state index contributed by atoms with van der Waals surface area (Å²) in [5.74, 6) is 5.75. The number of aromatic nitrogens is 16. The van der Waals surface area contributed by atoms with Crippen LogP contribution < -0.4 is 46.6 Å². The molecule has 4 saturated heterocycles. The molecule has 12 aromatic heterocycles. The highest BCUT2D eigenvalue weighted by Crippen LogP contribution is 2.43. The molecule has 712 valence electrons. The van der Waals surface area contributed by atoms with Crippen molar-refractivity contribution in [2.24, 2.45) is 0 Å². The number of carbonyl (C=O) groups excluding carboxylic acids is 4. The molecule has 4 amide bonds. The van der Waals surface area contributed by atoms with Gasteiger partial charge in [0.25, 0.3) is 0 Å².